The molecule has 1 amide bonds. The van der Waals surface area contributed by atoms with Gasteiger partial charge < -0.3 is 14.6 Å². The molecule has 0 fully saturated rings. The fourth-order valence-corrected chi connectivity index (χ4v) is 2.67. The monoisotopic (exact) mass is 399 g/mol. The van der Waals surface area contributed by atoms with Crippen molar-refractivity contribution < 1.29 is 14.1 Å². The maximum absolute atomic E-state index is 11.9. The Bertz CT molecular complexity index is 866. The molecule has 3 aromatic rings. The van der Waals surface area contributed by atoms with Gasteiger partial charge in [-0.15, -0.1) is 0 Å². The molecular weight excluding hydrogens is 378 g/mol. The zero-order valence-corrected chi connectivity index (χ0v) is 16.2. The van der Waals surface area contributed by atoms with Crippen LogP contribution in [-0.2, 0) is 22.6 Å². The van der Waals surface area contributed by atoms with E-state index in [1.54, 1.807) is 12.1 Å². The third kappa shape index (κ3) is 6.48. The van der Waals surface area contributed by atoms with Gasteiger partial charge in [0.1, 0.15) is 0 Å². The lowest BCUT2D eigenvalue weighted by atomic mass is 10.2. The van der Waals surface area contributed by atoms with E-state index in [1.165, 1.54) is 0 Å². The summed E-state index contributed by atoms with van der Waals surface area (Å²) in [6, 6.07) is 17.2. The highest BCUT2D eigenvalue weighted by atomic mass is 35.5. The molecule has 0 aliphatic heterocycles. The van der Waals surface area contributed by atoms with Crippen LogP contribution >= 0.6 is 11.6 Å². The number of amides is 1. The molecule has 6 nitrogen and oxygen atoms in total. The highest BCUT2D eigenvalue weighted by Gasteiger charge is 2.10. The Labute approximate surface area is 168 Å². The van der Waals surface area contributed by atoms with Crippen LogP contribution in [0.15, 0.2) is 59.1 Å². The average Bonchev–Trinajstić information content (AvgIpc) is 3.19. The molecule has 146 valence electrons. The smallest absolute Gasteiger partial charge is 0.227 e. The van der Waals surface area contributed by atoms with Crippen LogP contribution in [0.3, 0.4) is 0 Å². The molecule has 0 aliphatic carbocycles. The van der Waals surface area contributed by atoms with Gasteiger partial charge in [-0.25, -0.2) is 0 Å². The summed E-state index contributed by atoms with van der Waals surface area (Å²) in [5, 5.41) is 7.46. The van der Waals surface area contributed by atoms with Crippen molar-refractivity contribution in [3.05, 3.63) is 71.1 Å². The highest BCUT2D eigenvalue weighted by molar-refractivity contribution is 6.30. The van der Waals surface area contributed by atoms with E-state index in [1.807, 2.05) is 42.5 Å². The molecule has 0 radical (unpaired) electrons. The van der Waals surface area contributed by atoms with E-state index in [4.69, 9.17) is 20.9 Å². The topological polar surface area (TPSA) is 77.2 Å². The molecule has 0 spiro atoms. The van der Waals surface area contributed by atoms with E-state index >= 15 is 0 Å². The second-order valence-electron chi connectivity index (χ2n) is 6.26. The van der Waals surface area contributed by atoms with E-state index in [0.29, 0.717) is 49.3 Å². The van der Waals surface area contributed by atoms with Gasteiger partial charge in [-0.05, 0) is 36.2 Å². The highest BCUT2D eigenvalue weighted by Crippen LogP contribution is 2.18. The predicted octanol–water partition coefficient (Wildman–Crippen LogP) is 4.05. The minimum absolute atomic E-state index is 0.0469. The van der Waals surface area contributed by atoms with Crippen molar-refractivity contribution in [2.75, 3.05) is 13.2 Å². The summed E-state index contributed by atoms with van der Waals surface area (Å²) in [5.41, 5.74) is 1.96. The maximum Gasteiger partial charge on any atom is 0.227 e. The van der Waals surface area contributed by atoms with Crippen LogP contribution in [0, 0.1) is 0 Å². The van der Waals surface area contributed by atoms with Crippen LogP contribution in [0.5, 0.6) is 0 Å². The van der Waals surface area contributed by atoms with Gasteiger partial charge in [0.25, 0.3) is 0 Å². The summed E-state index contributed by atoms with van der Waals surface area (Å²) in [5.74, 6) is 0.878. The molecular formula is C21H22ClN3O3. The number of rotatable bonds is 10. The Morgan fingerprint density at radius 3 is 2.68 bits per heavy atom. The summed E-state index contributed by atoms with van der Waals surface area (Å²) in [7, 11) is 0. The third-order valence-electron chi connectivity index (χ3n) is 4.04. The normalized spacial score (nSPS) is 10.8. The molecule has 0 atom stereocenters. The Morgan fingerprint density at radius 2 is 1.89 bits per heavy atom. The molecule has 0 bridgehead atoms. The van der Waals surface area contributed by atoms with Gasteiger partial charge in [0.15, 0.2) is 0 Å². The zero-order valence-electron chi connectivity index (χ0n) is 15.4. The zero-order chi connectivity index (χ0) is 19.6. The minimum atomic E-state index is -0.0469. The quantitative estimate of drug-likeness (QED) is 0.520. The molecule has 1 heterocycles. The SMILES string of the molecule is O=C(CCc1nc(-c2ccc(Cl)cc2)no1)NCCCOCc1ccccc1. The number of carbonyl (C=O) groups excluding carboxylic acids is 1. The first-order valence-corrected chi connectivity index (χ1v) is 9.55. The van der Waals surface area contributed by atoms with Crippen molar-refractivity contribution in [3.63, 3.8) is 0 Å². The maximum atomic E-state index is 11.9. The number of nitrogens with zero attached hydrogens (tertiary/aromatic N) is 2. The first-order valence-electron chi connectivity index (χ1n) is 9.17. The summed E-state index contributed by atoms with van der Waals surface area (Å²) in [4.78, 5) is 16.2. The van der Waals surface area contributed by atoms with Gasteiger partial charge in [0.2, 0.25) is 17.6 Å². The molecule has 28 heavy (non-hydrogen) atoms. The summed E-state index contributed by atoms with van der Waals surface area (Å²) in [6.45, 7) is 1.76. The van der Waals surface area contributed by atoms with Gasteiger partial charge in [-0.3, -0.25) is 4.79 Å². The summed E-state index contributed by atoms with van der Waals surface area (Å²) < 4.78 is 10.8. The van der Waals surface area contributed by atoms with E-state index in [0.717, 1.165) is 17.5 Å². The molecule has 0 aliphatic rings. The number of carbonyl (C=O) groups is 1. The molecule has 0 saturated heterocycles. The molecule has 0 saturated carbocycles. The van der Waals surface area contributed by atoms with Crippen molar-refractivity contribution in [1.82, 2.24) is 15.5 Å². The molecule has 1 N–H and O–H groups in total. The van der Waals surface area contributed by atoms with Crippen LogP contribution in [0.4, 0.5) is 0 Å². The van der Waals surface area contributed by atoms with Gasteiger partial charge >= 0.3 is 0 Å². The van der Waals surface area contributed by atoms with E-state index in [9.17, 15) is 4.79 Å². The molecule has 3 rings (SSSR count). The second kappa shape index (κ2) is 10.6. The largest absolute Gasteiger partial charge is 0.377 e. The first kappa shape index (κ1) is 20.0. The standard InChI is InChI=1S/C21H22ClN3O3/c22-18-9-7-17(8-10-18)21-24-20(28-25-21)12-11-19(26)23-13-4-14-27-15-16-5-2-1-3-6-16/h1-3,5-10H,4,11-15H2,(H,23,26). The van der Waals surface area contributed by atoms with Crippen LogP contribution in [0.25, 0.3) is 11.4 Å². The van der Waals surface area contributed by atoms with Gasteiger partial charge in [0, 0.05) is 36.6 Å². The second-order valence-corrected chi connectivity index (χ2v) is 6.70. The van der Waals surface area contributed by atoms with Gasteiger partial charge in [0.05, 0.1) is 6.61 Å². The predicted molar refractivity (Wildman–Crippen MR) is 107 cm³/mol. The number of benzene rings is 2. The molecule has 2 aromatic carbocycles. The number of aryl methyl sites for hydroxylation is 1. The van der Waals surface area contributed by atoms with Crippen molar-refractivity contribution in [2.24, 2.45) is 0 Å². The number of aromatic nitrogens is 2. The number of hydrogen-bond acceptors (Lipinski definition) is 5. The van der Waals surface area contributed by atoms with Crippen molar-refractivity contribution in [1.29, 1.82) is 0 Å². The minimum Gasteiger partial charge on any atom is -0.377 e. The lowest BCUT2D eigenvalue weighted by Gasteiger charge is -2.06. The van der Waals surface area contributed by atoms with Crippen LogP contribution in [-0.4, -0.2) is 29.2 Å². The Kier molecular flexibility index (Phi) is 7.58. The number of nitrogens with one attached hydrogen (secondary N) is 1. The Morgan fingerprint density at radius 1 is 1.11 bits per heavy atom. The number of ether oxygens (including phenoxy) is 1. The van der Waals surface area contributed by atoms with E-state index in [2.05, 4.69) is 15.5 Å². The number of hydrogen-bond donors (Lipinski definition) is 1. The Hall–Kier alpha value is -2.70. The van der Waals surface area contributed by atoms with Crippen LogP contribution < -0.4 is 5.32 Å². The summed E-state index contributed by atoms with van der Waals surface area (Å²) in [6.07, 6.45) is 1.46. The third-order valence-corrected chi connectivity index (χ3v) is 4.29. The van der Waals surface area contributed by atoms with Crippen LogP contribution in [0.2, 0.25) is 5.02 Å². The molecule has 7 heteroatoms. The fourth-order valence-electron chi connectivity index (χ4n) is 2.55. The lowest BCUT2D eigenvalue weighted by Crippen LogP contribution is -2.25. The van der Waals surface area contributed by atoms with Gasteiger partial charge in [-0.2, -0.15) is 4.98 Å². The Balaban J connectivity index is 1.30. The summed E-state index contributed by atoms with van der Waals surface area (Å²) >= 11 is 5.87. The van der Waals surface area contributed by atoms with E-state index < -0.39 is 0 Å². The molecule has 0 unspecified atom stereocenters. The van der Waals surface area contributed by atoms with Crippen molar-refractivity contribution in [2.45, 2.75) is 25.9 Å². The van der Waals surface area contributed by atoms with Crippen molar-refractivity contribution >= 4 is 17.5 Å². The fraction of sp³-hybridized carbons (Fsp3) is 0.286. The molecule has 1 aromatic heterocycles. The van der Waals surface area contributed by atoms with E-state index in [-0.39, 0.29) is 5.91 Å². The lowest BCUT2D eigenvalue weighted by molar-refractivity contribution is -0.121. The van der Waals surface area contributed by atoms with Crippen molar-refractivity contribution in [3.8, 4) is 11.4 Å². The average molecular weight is 400 g/mol. The number of halogens is 1. The van der Waals surface area contributed by atoms with Gasteiger partial charge in [-0.1, -0.05) is 47.1 Å². The van der Waals surface area contributed by atoms with Crippen LogP contribution in [0.1, 0.15) is 24.3 Å². The first-order chi connectivity index (χ1) is 13.7.